The average Bonchev–Trinajstić information content (AvgIpc) is 2.46. The van der Waals surface area contributed by atoms with Crippen molar-refractivity contribution in [1.82, 2.24) is 14.7 Å². The van der Waals surface area contributed by atoms with Gasteiger partial charge in [0, 0.05) is 6.54 Å². The number of aromatic nitrogens is 2. The van der Waals surface area contributed by atoms with Crippen LogP contribution in [0.1, 0.15) is 19.4 Å². The molecule has 22 heavy (non-hydrogen) atoms. The van der Waals surface area contributed by atoms with E-state index < -0.39 is 10.0 Å². The van der Waals surface area contributed by atoms with Crippen molar-refractivity contribution in [3.05, 3.63) is 42.2 Å². The van der Waals surface area contributed by atoms with Crippen molar-refractivity contribution in [2.24, 2.45) is 0 Å². The second kappa shape index (κ2) is 6.71. The van der Waals surface area contributed by atoms with Gasteiger partial charge in [-0.05, 0) is 31.5 Å². The first-order valence-electron chi connectivity index (χ1n) is 6.69. The van der Waals surface area contributed by atoms with Crippen LogP contribution in [0.4, 0.5) is 5.95 Å². The lowest BCUT2D eigenvalue weighted by atomic mass is 10.2. The van der Waals surface area contributed by atoms with Gasteiger partial charge in [-0.1, -0.05) is 12.1 Å². The third kappa shape index (κ3) is 4.40. The molecule has 0 radical (unpaired) electrons. The van der Waals surface area contributed by atoms with Crippen LogP contribution < -0.4 is 15.2 Å². The number of benzene rings is 1. The van der Waals surface area contributed by atoms with Crippen LogP contribution in [0.25, 0.3) is 0 Å². The Kier molecular flexibility index (Phi) is 4.94. The zero-order chi connectivity index (χ0) is 16.2. The van der Waals surface area contributed by atoms with Crippen molar-refractivity contribution in [2.75, 3.05) is 5.73 Å². The van der Waals surface area contributed by atoms with Gasteiger partial charge in [0.15, 0.2) is 0 Å². The topological polar surface area (TPSA) is 107 Å². The molecular formula is C14H18N4O3S. The molecular weight excluding hydrogens is 304 g/mol. The number of hydrogen-bond donors (Lipinski definition) is 2. The molecule has 1 aromatic carbocycles. The summed E-state index contributed by atoms with van der Waals surface area (Å²) >= 11 is 0. The first kappa shape index (κ1) is 16.2. The fourth-order valence-electron chi connectivity index (χ4n) is 1.68. The molecule has 0 atom stereocenters. The minimum atomic E-state index is -3.67. The lowest BCUT2D eigenvalue weighted by Crippen LogP contribution is -2.23. The highest BCUT2D eigenvalue weighted by Gasteiger charge is 2.14. The molecule has 7 nitrogen and oxygen atoms in total. The quantitative estimate of drug-likeness (QED) is 0.830. The van der Waals surface area contributed by atoms with E-state index in [4.69, 9.17) is 10.5 Å². The van der Waals surface area contributed by atoms with Crippen molar-refractivity contribution in [3.8, 4) is 5.75 Å². The smallest absolute Gasteiger partial charge is 0.243 e. The summed E-state index contributed by atoms with van der Waals surface area (Å²) in [5, 5.41) is 0. The number of nitrogens with zero attached hydrogens (tertiary/aromatic N) is 2. The zero-order valence-corrected chi connectivity index (χ0v) is 13.2. The molecule has 2 rings (SSSR count). The summed E-state index contributed by atoms with van der Waals surface area (Å²) in [5.41, 5.74) is 6.15. The summed E-state index contributed by atoms with van der Waals surface area (Å²) in [6.45, 7) is 4.04. The molecule has 0 unspecified atom stereocenters. The molecule has 118 valence electrons. The molecule has 0 saturated carbocycles. The van der Waals surface area contributed by atoms with Gasteiger partial charge < -0.3 is 10.5 Å². The number of anilines is 1. The number of sulfonamides is 1. The summed E-state index contributed by atoms with van der Waals surface area (Å²) in [6, 6.07) is 7.21. The van der Waals surface area contributed by atoms with Gasteiger partial charge in [0.1, 0.15) is 10.6 Å². The van der Waals surface area contributed by atoms with Crippen molar-refractivity contribution in [1.29, 1.82) is 0 Å². The Bertz CT molecular complexity index is 713. The SMILES string of the molecule is CC(C)Oc1ccc(CNS(=O)(=O)c2cnc(N)nc2)cc1. The predicted molar refractivity (Wildman–Crippen MR) is 82.7 cm³/mol. The van der Waals surface area contributed by atoms with Crippen LogP contribution in [0, 0.1) is 0 Å². The Hall–Kier alpha value is -2.19. The highest BCUT2D eigenvalue weighted by Crippen LogP contribution is 2.14. The highest BCUT2D eigenvalue weighted by molar-refractivity contribution is 7.89. The predicted octanol–water partition coefficient (Wildman–Crippen LogP) is 1.32. The largest absolute Gasteiger partial charge is 0.491 e. The van der Waals surface area contributed by atoms with Crippen LogP contribution in [0.3, 0.4) is 0 Å². The van der Waals surface area contributed by atoms with Gasteiger partial charge in [-0.25, -0.2) is 23.1 Å². The van der Waals surface area contributed by atoms with E-state index in [0.717, 1.165) is 11.3 Å². The maximum Gasteiger partial charge on any atom is 0.243 e. The van der Waals surface area contributed by atoms with E-state index in [-0.39, 0.29) is 23.5 Å². The fraction of sp³-hybridized carbons (Fsp3) is 0.286. The number of nitrogens with one attached hydrogen (secondary N) is 1. The summed E-state index contributed by atoms with van der Waals surface area (Å²) in [4.78, 5) is 7.31. The van der Waals surface area contributed by atoms with Crippen molar-refractivity contribution in [3.63, 3.8) is 0 Å². The number of nitrogen functional groups attached to an aromatic ring is 1. The second-order valence-electron chi connectivity index (χ2n) is 4.91. The highest BCUT2D eigenvalue weighted by atomic mass is 32.2. The molecule has 8 heteroatoms. The molecule has 0 aliphatic carbocycles. The van der Waals surface area contributed by atoms with E-state index in [9.17, 15) is 8.42 Å². The van der Waals surface area contributed by atoms with Gasteiger partial charge in [0.2, 0.25) is 16.0 Å². The van der Waals surface area contributed by atoms with Crippen molar-refractivity contribution < 1.29 is 13.2 Å². The molecule has 0 spiro atoms. The van der Waals surface area contributed by atoms with Gasteiger partial charge >= 0.3 is 0 Å². The van der Waals surface area contributed by atoms with Crippen molar-refractivity contribution >= 4 is 16.0 Å². The van der Waals surface area contributed by atoms with Crippen LogP contribution in [0.15, 0.2) is 41.6 Å². The Morgan fingerprint density at radius 2 is 1.77 bits per heavy atom. The lowest BCUT2D eigenvalue weighted by molar-refractivity contribution is 0.242. The molecule has 0 amide bonds. The van der Waals surface area contributed by atoms with Crippen LogP contribution in [-0.4, -0.2) is 24.5 Å². The Labute approximate surface area is 129 Å². The molecule has 1 aromatic heterocycles. The van der Waals surface area contributed by atoms with E-state index in [1.807, 2.05) is 13.8 Å². The lowest BCUT2D eigenvalue weighted by Gasteiger charge is -2.10. The Balaban J connectivity index is 2.01. The molecule has 0 bridgehead atoms. The number of hydrogen-bond acceptors (Lipinski definition) is 6. The van der Waals surface area contributed by atoms with Crippen molar-refractivity contribution in [2.45, 2.75) is 31.4 Å². The molecule has 0 saturated heterocycles. The normalized spacial score (nSPS) is 11.6. The Morgan fingerprint density at radius 1 is 1.18 bits per heavy atom. The van der Waals surface area contributed by atoms with Crippen LogP contribution >= 0.6 is 0 Å². The van der Waals surface area contributed by atoms with E-state index in [2.05, 4.69) is 14.7 Å². The maximum atomic E-state index is 12.1. The molecule has 0 fully saturated rings. The summed E-state index contributed by atoms with van der Waals surface area (Å²) in [7, 11) is -3.67. The molecule has 0 aliphatic heterocycles. The average molecular weight is 322 g/mol. The summed E-state index contributed by atoms with van der Waals surface area (Å²) in [6.07, 6.45) is 2.43. The summed E-state index contributed by atoms with van der Waals surface area (Å²) in [5.74, 6) is 0.772. The van der Waals surface area contributed by atoms with Crippen LogP contribution in [0.2, 0.25) is 0 Å². The monoisotopic (exact) mass is 322 g/mol. The molecule has 2 aromatic rings. The van der Waals surface area contributed by atoms with Crippen LogP contribution in [-0.2, 0) is 16.6 Å². The van der Waals surface area contributed by atoms with Gasteiger partial charge in [-0.3, -0.25) is 0 Å². The van der Waals surface area contributed by atoms with Gasteiger partial charge in [0.05, 0.1) is 18.5 Å². The minimum Gasteiger partial charge on any atom is -0.491 e. The van der Waals surface area contributed by atoms with Gasteiger partial charge in [0.25, 0.3) is 0 Å². The molecule has 3 N–H and O–H groups in total. The maximum absolute atomic E-state index is 12.1. The fourth-order valence-corrected chi connectivity index (χ4v) is 2.59. The van der Waals surface area contributed by atoms with Crippen LogP contribution in [0.5, 0.6) is 5.75 Å². The zero-order valence-electron chi connectivity index (χ0n) is 12.4. The van der Waals surface area contributed by atoms with E-state index in [0.29, 0.717) is 0 Å². The third-order valence-electron chi connectivity index (χ3n) is 2.72. The first-order valence-corrected chi connectivity index (χ1v) is 8.18. The summed E-state index contributed by atoms with van der Waals surface area (Å²) < 4.78 is 32.2. The number of rotatable bonds is 6. The number of ether oxygens (including phenoxy) is 1. The third-order valence-corrected chi connectivity index (χ3v) is 4.08. The van der Waals surface area contributed by atoms with E-state index in [1.165, 1.54) is 12.4 Å². The molecule has 1 heterocycles. The standard InChI is InChI=1S/C14H18N4O3S/c1-10(2)21-12-5-3-11(4-6-12)7-18-22(19,20)13-8-16-14(15)17-9-13/h3-6,8-10,18H,7H2,1-2H3,(H2,15,16,17). The van der Waals surface area contributed by atoms with Gasteiger partial charge in [-0.2, -0.15) is 0 Å². The second-order valence-corrected chi connectivity index (χ2v) is 6.68. The Morgan fingerprint density at radius 3 is 2.32 bits per heavy atom. The van der Waals surface area contributed by atoms with E-state index >= 15 is 0 Å². The number of nitrogens with two attached hydrogens (primary N) is 1. The van der Waals surface area contributed by atoms with Gasteiger partial charge in [-0.15, -0.1) is 0 Å². The van der Waals surface area contributed by atoms with E-state index in [1.54, 1.807) is 24.3 Å². The first-order chi connectivity index (χ1) is 10.4. The molecule has 0 aliphatic rings. The minimum absolute atomic E-state index is 0.0264.